The molecule has 1 heterocycles. The van der Waals surface area contributed by atoms with E-state index in [0.717, 1.165) is 23.4 Å². The lowest BCUT2D eigenvalue weighted by atomic mass is 10.1. The third kappa shape index (κ3) is 3.23. The van der Waals surface area contributed by atoms with Crippen LogP contribution in [0.3, 0.4) is 0 Å². The summed E-state index contributed by atoms with van der Waals surface area (Å²) in [5, 5.41) is 0.543. The molecule has 0 aliphatic rings. The highest BCUT2D eigenvalue weighted by molar-refractivity contribution is 7.15. The number of nitrogens with two attached hydrogens (primary N) is 1. The van der Waals surface area contributed by atoms with E-state index < -0.39 is 0 Å². The van der Waals surface area contributed by atoms with Crippen LogP contribution in [-0.4, -0.2) is 12.1 Å². The SMILES string of the molecule is CCCc1nc(N)sc1Cc1cc(OC)ccc1F. The second-order valence-electron chi connectivity index (χ2n) is 4.31. The van der Waals surface area contributed by atoms with Gasteiger partial charge in [-0.25, -0.2) is 9.37 Å². The fourth-order valence-corrected chi connectivity index (χ4v) is 2.86. The molecular weight excluding hydrogens is 263 g/mol. The van der Waals surface area contributed by atoms with Crippen LogP contribution in [0, 0.1) is 5.82 Å². The zero-order chi connectivity index (χ0) is 13.8. The predicted octanol–water partition coefficient (Wildman–Crippen LogP) is 3.42. The molecule has 0 amide bonds. The summed E-state index contributed by atoms with van der Waals surface area (Å²) in [6.07, 6.45) is 2.37. The monoisotopic (exact) mass is 280 g/mol. The molecule has 0 unspecified atom stereocenters. The highest BCUT2D eigenvalue weighted by Crippen LogP contribution is 2.27. The number of ether oxygens (including phenoxy) is 1. The lowest BCUT2D eigenvalue weighted by molar-refractivity contribution is 0.413. The summed E-state index contributed by atoms with van der Waals surface area (Å²) >= 11 is 1.43. The highest BCUT2D eigenvalue weighted by Gasteiger charge is 2.12. The van der Waals surface area contributed by atoms with Gasteiger partial charge in [-0.3, -0.25) is 0 Å². The molecule has 0 radical (unpaired) electrons. The Balaban J connectivity index is 2.30. The number of thiazole rings is 1. The maximum absolute atomic E-state index is 13.8. The largest absolute Gasteiger partial charge is 0.497 e. The number of hydrogen-bond donors (Lipinski definition) is 1. The number of anilines is 1. The normalized spacial score (nSPS) is 10.7. The van der Waals surface area contributed by atoms with Gasteiger partial charge < -0.3 is 10.5 Å². The van der Waals surface area contributed by atoms with Gasteiger partial charge in [-0.15, -0.1) is 11.3 Å². The molecule has 1 aromatic heterocycles. The summed E-state index contributed by atoms with van der Waals surface area (Å²) in [7, 11) is 1.57. The number of rotatable bonds is 5. The summed E-state index contributed by atoms with van der Waals surface area (Å²) in [6, 6.07) is 4.77. The molecule has 2 aromatic rings. The van der Waals surface area contributed by atoms with Crippen LogP contribution < -0.4 is 10.5 Å². The van der Waals surface area contributed by atoms with Crippen LogP contribution in [0.4, 0.5) is 9.52 Å². The van der Waals surface area contributed by atoms with Crippen molar-refractivity contribution in [1.82, 2.24) is 4.98 Å². The second kappa shape index (κ2) is 6.02. The third-order valence-corrected chi connectivity index (χ3v) is 3.81. The van der Waals surface area contributed by atoms with Crippen molar-refractivity contribution in [1.29, 1.82) is 0 Å². The topological polar surface area (TPSA) is 48.1 Å². The molecule has 0 saturated carbocycles. The maximum atomic E-state index is 13.8. The molecule has 1 aromatic carbocycles. The number of hydrogen-bond acceptors (Lipinski definition) is 4. The fraction of sp³-hybridized carbons (Fsp3) is 0.357. The summed E-state index contributed by atoms with van der Waals surface area (Å²) in [5.41, 5.74) is 7.34. The van der Waals surface area contributed by atoms with E-state index in [-0.39, 0.29) is 5.82 Å². The van der Waals surface area contributed by atoms with Crippen LogP contribution in [0.5, 0.6) is 5.75 Å². The van der Waals surface area contributed by atoms with E-state index in [4.69, 9.17) is 10.5 Å². The van der Waals surface area contributed by atoms with Gasteiger partial charge in [0.1, 0.15) is 11.6 Å². The second-order valence-corrected chi connectivity index (χ2v) is 5.42. The molecule has 0 bridgehead atoms. The van der Waals surface area contributed by atoms with Gasteiger partial charge in [0.05, 0.1) is 12.8 Å². The minimum atomic E-state index is -0.227. The van der Waals surface area contributed by atoms with E-state index in [0.29, 0.717) is 22.9 Å². The average Bonchev–Trinajstić information content (AvgIpc) is 2.73. The highest BCUT2D eigenvalue weighted by atomic mass is 32.1. The van der Waals surface area contributed by atoms with E-state index in [1.165, 1.54) is 17.4 Å². The summed E-state index contributed by atoms with van der Waals surface area (Å²) in [6.45, 7) is 2.09. The number of benzene rings is 1. The molecule has 0 aliphatic heterocycles. The Kier molecular flexibility index (Phi) is 4.37. The predicted molar refractivity (Wildman–Crippen MR) is 76.3 cm³/mol. The smallest absolute Gasteiger partial charge is 0.180 e. The molecular formula is C14H17FN2OS. The standard InChI is InChI=1S/C14H17FN2OS/c1-3-4-12-13(19-14(16)17-12)8-9-7-10(18-2)5-6-11(9)15/h5-7H,3-4,8H2,1-2H3,(H2,16,17). The van der Waals surface area contributed by atoms with E-state index in [1.54, 1.807) is 19.2 Å². The minimum absolute atomic E-state index is 0.227. The van der Waals surface area contributed by atoms with Crippen molar-refractivity contribution in [2.45, 2.75) is 26.2 Å². The average molecular weight is 280 g/mol. The van der Waals surface area contributed by atoms with Crippen molar-refractivity contribution in [3.63, 3.8) is 0 Å². The third-order valence-electron chi connectivity index (χ3n) is 2.89. The molecule has 2 rings (SSSR count). The molecule has 0 fully saturated rings. The van der Waals surface area contributed by atoms with Gasteiger partial charge in [-0.2, -0.15) is 0 Å². The van der Waals surface area contributed by atoms with Crippen LogP contribution in [0.25, 0.3) is 0 Å². The number of aryl methyl sites for hydroxylation is 1. The minimum Gasteiger partial charge on any atom is -0.497 e. The van der Waals surface area contributed by atoms with Crippen molar-refractivity contribution < 1.29 is 9.13 Å². The number of halogens is 1. The van der Waals surface area contributed by atoms with Gasteiger partial charge in [-0.05, 0) is 30.2 Å². The Morgan fingerprint density at radius 1 is 1.42 bits per heavy atom. The molecule has 0 saturated heterocycles. The quantitative estimate of drug-likeness (QED) is 0.913. The van der Waals surface area contributed by atoms with Gasteiger partial charge in [0, 0.05) is 11.3 Å². The lowest BCUT2D eigenvalue weighted by Crippen LogP contribution is -1.96. The van der Waals surface area contributed by atoms with Crippen LogP contribution in [0.2, 0.25) is 0 Å². The summed E-state index contributed by atoms with van der Waals surface area (Å²) in [5.74, 6) is 0.432. The van der Waals surface area contributed by atoms with Crippen LogP contribution in [-0.2, 0) is 12.8 Å². The van der Waals surface area contributed by atoms with E-state index in [2.05, 4.69) is 11.9 Å². The Labute approximate surface area is 116 Å². The Bertz CT molecular complexity index is 569. The maximum Gasteiger partial charge on any atom is 0.180 e. The number of nitrogen functional groups attached to an aromatic ring is 1. The number of nitrogens with zero attached hydrogens (tertiary/aromatic N) is 1. The summed E-state index contributed by atoms with van der Waals surface area (Å²) in [4.78, 5) is 5.35. The zero-order valence-corrected chi connectivity index (χ0v) is 11.9. The number of methoxy groups -OCH3 is 1. The van der Waals surface area contributed by atoms with Gasteiger partial charge >= 0.3 is 0 Å². The molecule has 0 spiro atoms. The Hall–Kier alpha value is -1.62. The molecule has 0 atom stereocenters. The van der Waals surface area contributed by atoms with E-state index in [9.17, 15) is 4.39 Å². The number of aromatic nitrogens is 1. The van der Waals surface area contributed by atoms with Crippen molar-refractivity contribution in [3.8, 4) is 5.75 Å². The Morgan fingerprint density at radius 3 is 2.89 bits per heavy atom. The Morgan fingerprint density at radius 2 is 2.21 bits per heavy atom. The van der Waals surface area contributed by atoms with Crippen LogP contribution >= 0.6 is 11.3 Å². The molecule has 5 heteroatoms. The van der Waals surface area contributed by atoms with Crippen molar-refractivity contribution >= 4 is 16.5 Å². The first-order valence-electron chi connectivity index (χ1n) is 6.20. The first kappa shape index (κ1) is 13.8. The summed E-state index contributed by atoms with van der Waals surface area (Å²) < 4.78 is 18.9. The fourth-order valence-electron chi connectivity index (χ4n) is 1.96. The first-order valence-corrected chi connectivity index (χ1v) is 7.02. The van der Waals surface area contributed by atoms with Gasteiger partial charge in [0.15, 0.2) is 5.13 Å². The van der Waals surface area contributed by atoms with Crippen LogP contribution in [0.15, 0.2) is 18.2 Å². The first-order chi connectivity index (χ1) is 9.13. The van der Waals surface area contributed by atoms with Crippen molar-refractivity contribution in [2.75, 3.05) is 12.8 Å². The molecule has 102 valence electrons. The van der Waals surface area contributed by atoms with Crippen molar-refractivity contribution in [2.24, 2.45) is 0 Å². The zero-order valence-electron chi connectivity index (χ0n) is 11.1. The molecule has 19 heavy (non-hydrogen) atoms. The van der Waals surface area contributed by atoms with Gasteiger partial charge in [0.2, 0.25) is 0 Å². The molecule has 2 N–H and O–H groups in total. The van der Waals surface area contributed by atoms with Crippen molar-refractivity contribution in [3.05, 3.63) is 40.2 Å². The van der Waals surface area contributed by atoms with E-state index in [1.807, 2.05) is 0 Å². The van der Waals surface area contributed by atoms with Gasteiger partial charge in [0.25, 0.3) is 0 Å². The molecule has 3 nitrogen and oxygen atoms in total. The van der Waals surface area contributed by atoms with E-state index >= 15 is 0 Å². The lowest BCUT2D eigenvalue weighted by Gasteiger charge is -2.06. The molecule has 0 aliphatic carbocycles. The van der Waals surface area contributed by atoms with Crippen LogP contribution in [0.1, 0.15) is 29.5 Å². The van der Waals surface area contributed by atoms with Gasteiger partial charge in [-0.1, -0.05) is 13.3 Å².